The highest BCUT2D eigenvalue weighted by Crippen LogP contribution is 2.32. The highest BCUT2D eigenvalue weighted by atomic mass is 19.2. The summed E-state index contributed by atoms with van der Waals surface area (Å²) in [6.45, 7) is 1.91. The van der Waals surface area contributed by atoms with Gasteiger partial charge in [0.2, 0.25) is 5.91 Å². The summed E-state index contributed by atoms with van der Waals surface area (Å²) in [5.74, 6) is -1.17. The number of amides is 1. The van der Waals surface area contributed by atoms with Crippen LogP contribution in [-0.2, 0) is 11.3 Å². The summed E-state index contributed by atoms with van der Waals surface area (Å²) in [4.78, 5) is 19.3. The molecule has 1 aromatic carbocycles. The topological polar surface area (TPSA) is 45.2 Å². The van der Waals surface area contributed by atoms with Crippen molar-refractivity contribution in [2.24, 2.45) is 11.8 Å². The quantitative estimate of drug-likeness (QED) is 0.791. The predicted molar refractivity (Wildman–Crippen MR) is 107 cm³/mol. The number of hydrogen-bond acceptors (Lipinski definition) is 3. The first-order valence-corrected chi connectivity index (χ1v) is 10.5. The van der Waals surface area contributed by atoms with E-state index < -0.39 is 11.6 Å². The van der Waals surface area contributed by atoms with E-state index in [0.29, 0.717) is 18.7 Å². The number of likely N-dealkylation sites (tertiary alicyclic amines) is 1. The number of nitrogens with one attached hydrogen (secondary N) is 1. The minimum absolute atomic E-state index is 0.111. The van der Waals surface area contributed by atoms with Crippen molar-refractivity contribution in [3.63, 3.8) is 0 Å². The van der Waals surface area contributed by atoms with Gasteiger partial charge < -0.3 is 5.32 Å². The van der Waals surface area contributed by atoms with Crippen LogP contribution in [0, 0.1) is 23.5 Å². The third kappa shape index (κ3) is 4.64. The van der Waals surface area contributed by atoms with E-state index in [0.717, 1.165) is 50.4 Å². The van der Waals surface area contributed by atoms with Gasteiger partial charge in [0.05, 0.1) is 11.7 Å². The van der Waals surface area contributed by atoms with Crippen LogP contribution in [0.4, 0.5) is 8.78 Å². The predicted octanol–water partition coefficient (Wildman–Crippen LogP) is 4.23. The highest BCUT2D eigenvalue weighted by Gasteiger charge is 2.33. The van der Waals surface area contributed by atoms with Gasteiger partial charge >= 0.3 is 0 Å². The number of halogens is 2. The van der Waals surface area contributed by atoms with E-state index in [9.17, 15) is 13.6 Å². The van der Waals surface area contributed by atoms with Crippen LogP contribution < -0.4 is 5.32 Å². The Bertz CT molecular complexity index is 841. The van der Waals surface area contributed by atoms with Crippen LogP contribution in [0.1, 0.15) is 49.4 Å². The number of carbonyl (C=O) groups is 1. The minimum Gasteiger partial charge on any atom is -0.347 e. The summed E-state index contributed by atoms with van der Waals surface area (Å²) in [7, 11) is 0. The second kappa shape index (κ2) is 8.99. The van der Waals surface area contributed by atoms with E-state index in [-0.39, 0.29) is 23.8 Å². The van der Waals surface area contributed by atoms with Gasteiger partial charge in [0.25, 0.3) is 0 Å². The van der Waals surface area contributed by atoms with Crippen LogP contribution in [0.25, 0.3) is 0 Å². The Morgan fingerprint density at radius 2 is 2.00 bits per heavy atom. The highest BCUT2D eigenvalue weighted by molar-refractivity contribution is 5.79. The van der Waals surface area contributed by atoms with Crippen LogP contribution in [0.2, 0.25) is 0 Å². The van der Waals surface area contributed by atoms with Crippen molar-refractivity contribution in [2.75, 3.05) is 13.1 Å². The molecule has 0 bridgehead atoms. The molecule has 4 nitrogen and oxygen atoms in total. The summed E-state index contributed by atoms with van der Waals surface area (Å²) in [5.41, 5.74) is 1.24. The Labute approximate surface area is 170 Å². The zero-order chi connectivity index (χ0) is 20.2. The Morgan fingerprint density at radius 3 is 2.72 bits per heavy atom. The molecule has 1 aliphatic heterocycles. The Hall–Kier alpha value is -2.34. The van der Waals surface area contributed by atoms with E-state index in [2.05, 4.69) is 15.2 Å². The molecule has 154 valence electrons. The number of piperidine rings is 1. The summed E-state index contributed by atoms with van der Waals surface area (Å²) < 4.78 is 27.7. The average molecular weight is 399 g/mol. The average Bonchev–Trinajstić information content (AvgIpc) is 2.69. The number of nitrogens with zero attached hydrogens (tertiary/aromatic N) is 2. The maximum absolute atomic E-state index is 14.1. The fourth-order valence-electron chi connectivity index (χ4n) is 4.35. The molecule has 2 aliphatic rings. The van der Waals surface area contributed by atoms with E-state index >= 15 is 0 Å². The molecule has 1 aliphatic carbocycles. The molecular weight excluding hydrogens is 372 g/mol. The number of hydrogen-bond donors (Lipinski definition) is 1. The number of pyridine rings is 1. The Kier molecular flexibility index (Phi) is 6.19. The maximum Gasteiger partial charge on any atom is 0.223 e. The molecule has 29 heavy (non-hydrogen) atoms. The molecule has 2 heterocycles. The van der Waals surface area contributed by atoms with Crippen molar-refractivity contribution in [1.82, 2.24) is 15.2 Å². The van der Waals surface area contributed by atoms with Crippen LogP contribution in [0.5, 0.6) is 0 Å². The summed E-state index contributed by atoms with van der Waals surface area (Å²) >= 11 is 0. The van der Waals surface area contributed by atoms with Gasteiger partial charge in [-0.3, -0.25) is 14.7 Å². The fourth-order valence-corrected chi connectivity index (χ4v) is 4.35. The van der Waals surface area contributed by atoms with Crippen molar-refractivity contribution in [3.8, 4) is 0 Å². The molecule has 0 spiro atoms. The largest absolute Gasteiger partial charge is 0.347 e. The van der Waals surface area contributed by atoms with Gasteiger partial charge in [-0.2, -0.15) is 0 Å². The monoisotopic (exact) mass is 399 g/mol. The van der Waals surface area contributed by atoms with Crippen LogP contribution in [0.3, 0.4) is 0 Å². The Morgan fingerprint density at radius 1 is 1.14 bits per heavy atom. The number of rotatable bonds is 6. The van der Waals surface area contributed by atoms with E-state index in [1.54, 1.807) is 18.3 Å². The maximum atomic E-state index is 14.1. The van der Waals surface area contributed by atoms with Gasteiger partial charge in [0, 0.05) is 30.8 Å². The van der Waals surface area contributed by atoms with Gasteiger partial charge in [-0.1, -0.05) is 24.6 Å². The molecule has 1 aromatic heterocycles. The SMILES string of the molecule is O=C(N[C@H](c1ccccn1)[C@@H]1CCCN(Cc2cccc(F)c2F)C1)C1CCC1. The molecular formula is C23H27F2N3O. The third-order valence-corrected chi connectivity index (χ3v) is 6.22. The lowest BCUT2D eigenvalue weighted by molar-refractivity contribution is -0.128. The molecule has 2 fully saturated rings. The zero-order valence-electron chi connectivity index (χ0n) is 16.5. The standard InChI is InChI=1S/C23H27F2N3O/c24-19-10-4-8-17(21(19)25)14-28-13-5-9-18(15-28)22(20-11-1-2-12-26-20)27-23(29)16-6-3-7-16/h1-2,4,8,10-12,16,18,22H,3,5-7,9,13-15H2,(H,27,29)/t18-,22+/m1/s1. The molecule has 1 N–H and O–H groups in total. The van der Waals surface area contributed by atoms with E-state index in [1.165, 1.54) is 0 Å². The fraction of sp³-hybridized carbons (Fsp3) is 0.478. The zero-order valence-corrected chi connectivity index (χ0v) is 16.5. The van der Waals surface area contributed by atoms with Crippen molar-refractivity contribution in [3.05, 3.63) is 65.5 Å². The first kappa shape index (κ1) is 20.0. The first-order chi connectivity index (χ1) is 14.1. The third-order valence-electron chi connectivity index (χ3n) is 6.22. The lowest BCUT2D eigenvalue weighted by Crippen LogP contribution is -2.45. The molecule has 0 radical (unpaired) electrons. The van der Waals surface area contributed by atoms with Gasteiger partial charge in [0.15, 0.2) is 11.6 Å². The Balaban J connectivity index is 1.49. The summed E-state index contributed by atoms with van der Waals surface area (Å²) in [5, 5.41) is 3.25. The van der Waals surface area contributed by atoms with Crippen molar-refractivity contribution < 1.29 is 13.6 Å². The van der Waals surface area contributed by atoms with Gasteiger partial charge in [0.1, 0.15) is 0 Å². The van der Waals surface area contributed by atoms with Crippen molar-refractivity contribution >= 4 is 5.91 Å². The molecule has 4 rings (SSSR count). The van der Waals surface area contributed by atoms with Crippen LogP contribution in [-0.4, -0.2) is 28.9 Å². The van der Waals surface area contributed by atoms with E-state index in [1.807, 2.05) is 18.2 Å². The van der Waals surface area contributed by atoms with Crippen molar-refractivity contribution in [2.45, 2.75) is 44.7 Å². The molecule has 2 aromatic rings. The number of aromatic nitrogens is 1. The molecule has 0 unspecified atom stereocenters. The summed E-state index contributed by atoms with van der Waals surface area (Å²) in [6, 6.07) is 9.93. The van der Waals surface area contributed by atoms with Crippen LogP contribution in [0.15, 0.2) is 42.6 Å². The number of carbonyl (C=O) groups excluding carboxylic acids is 1. The lowest BCUT2D eigenvalue weighted by Gasteiger charge is -2.38. The molecule has 1 saturated heterocycles. The molecule has 1 amide bonds. The van der Waals surface area contributed by atoms with Crippen molar-refractivity contribution in [1.29, 1.82) is 0 Å². The molecule has 1 saturated carbocycles. The van der Waals surface area contributed by atoms with Crippen LogP contribution >= 0.6 is 0 Å². The molecule has 6 heteroatoms. The molecule has 2 atom stereocenters. The lowest BCUT2D eigenvalue weighted by atomic mass is 9.83. The van der Waals surface area contributed by atoms with Gasteiger partial charge in [-0.15, -0.1) is 0 Å². The number of benzene rings is 1. The second-order valence-electron chi connectivity index (χ2n) is 8.22. The second-order valence-corrected chi connectivity index (χ2v) is 8.22. The van der Waals surface area contributed by atoms with Gasteiger partial charge in [-0.05, 0) is 56.3 Å². The van der Waals surface area contributed by atoms with Gasteiger partial charge in [-0.25, -0.2) is 8.78 Å². The smallest absolute Gasteiger partial charge is 0.223 e. The minimum atomic E-state index is -0.810. The normalized spacial score (nSPS) is 21.4. The van der Waals surface area contributed by atoms with E-state index in [4.69, 9.17) is 0 Å². The summed E-state index contributed by atoms with van der Waals surface area (Å²) in [6.07, 6.45) is 6.69. The first-order valence-electron chi connectivity index (χ1n) is 10.5.